The molecule has 8 nitrogen and oxygen atoms in total. The molecule has 0 unspecified atom stereocenters. The predicted molar refractivity (Wildman–Crippen MR) is 126 cm³/mol. The first-order chi connectivity index (χ1) is 13.0. The Morgan fingerprint density at radius 2 is 1.86 bits per heavy atom. The third-order valence-electron chi connectivity index (χ3n) is 4.60. The van der Waals surface area contributed by atoms with Gasteiger partial charge in [-0.3, -0.25) is 4.99 Å². The molecule has 160 valence electrons. The van der Waals surface area contributed by atoms with E-state index in [0.29, 0.717) is 13.1 Å². The molecule has 1 aliphatic rings. The van der Waals surface area contributed by atoms with E-state index < -0.39 is 10.0 Å². The minimum absolute atomic E-state index is 0. The monoisotopic (exact) mass is 524 g/mol. The van der Waals surface area contributed by atoms with Crippen LogP contribution in [0, 0.1) is 0 Å². The highest BCUT2D eigenvalue weighted by Gasteiger charge is 2.21. The Bertz CT molecular complexity index is 689. The summed E-state index contributed by atoms with van der Waals surface area (Å²) in [4.78, 5) is 13.4. The van der Waals surface area contributed by atoms with Crippen molar-refractivity contribution in [2.75, 3.05) is 63.0 Å². The highest BCUT2D eigenvalue weighted by molar-refractivity contribution is 14.0. The first kappa shape index (κ1) is 24.9. The highest BCUT2D eigenvalue weighted by Crippen LogP contribution is 2.12. The van der Waals surface area contributed by atoms with Crippen LogP contribution < -0.4 is 10.2 Å². The van der Waals surface area contributed by atoms with E-state index in [-0.39, 0.29) is 36.3 Å². The van der Waals surface area contributed by atoms with E-state index in [1.807, 2.05) is 45.2 Å². The fourth-order valence-electron chi connectivity index (χ4n) is 3.13. The van der Waals surface area contributed by atoms with Crippen LogP contribution in [0.1, 0.15) is 20.8 Å². The molecule has 1 aromatic heterocycles. The molecule has 1 saturated heterocycles. The summed E-state index contributed by atoms with van der Waals surface area (Å²) < 4.78 is 26.1. The molecular weight excluding hydrogens is 491 g/mol. The molecule has 0 aromatic carbocycles. The van der Waals surface area contributed by atoms with Crippen LogP contribution in [0.15, 0.2) is 29.4 Å². The number of nitrogens with one attached hydrogen (secondary N) is 1. The SMILES string of the molecule is CCNC(=NCCS(=O)(=O)N(CC)CC)N1CCN(c2ccccn2)CC1.I. The van der Waals surface area contributed by atoms with E-state index >= 15 is 0 Å². The number of hydrogen-bond acceptors (Lipinski definition) is 5. The van der Waals surface area contributed by atoms with Crippen LogP contribution in [0.25, 0.3) is 0 Å². The molecule has 0 atom stereocenters. The number of aromatic nitrogens is 1. The Kier molecular flexibility index (Phi) is 11.1. The maximum absolute atomic E-state index is 12.3. The summed E-state index contributed by atoms with van der Waals surface area (Å²) in [6, 6.07) is 5.94. The molecular formula is C18H33IN6O2S. The molecule has 2 heterocycles. The normalized spacial score (nSPS) is 15.5. The van der Waals surface area contributed by atoms with Crippen molar-refractivity contribution in [1.29, 1.82) is 0 Å². The van der Waals surface area contributed by atoms with Gasteiger partial charge in [0, 0.05) is 52.0 Å². The largest absolute Gasteiger partial charge is 0.357 e. The molecule has 1 aliphatic heterocycles. The van der Waals surface area contributed by atoms with Crippen LogP contribution in [-0.2, 0) is 10.0 Å². The van der Waals surface area contributed by atoms with E-state index in [1.54, 1.807) is 0 Å². The summed E-state index contributed by atoms with van der Waals surface area (Å²) in [6.07, 6.45) is 1.81. The summed E-state index contributed by atoms with van der Waals surface area (Å²) in [5.74, 6) is 1.81. The topological polar surface area (TPSA) is 81.1 Å². The van der Waals surface area contributed by atoms with Crippen LogP contribution in [0.2, 0.25) is 0 Å². The number of piperazine rings is 1. The first-order valence-corrected chi connectivity index (χ1v) is 11.3. The van der Waals surface area contributed by atoms with E-state index in [0.717, 1.165) is 44.5 Å². The lowest BCUT2D eigenvalue weighted by Crippen LogP contribution is -2.52. The van der Waals surface area contributed by atoms with Gasteiger partial charge in [0.2, 0.25) is 10.0 Å². The van der Waals surface area contributed by atoms with Gasteiger partial charge in [-0.2, -0.15) is 0 Å². The van der Waals surface area contributed by atoms with Gasteiger partial charge in [-0.15, -0.1) is 24.0 Å². The Hall–Kier alpha value is -1.14. The van der Waals surface area contributed by atoms with Gasteiger partial charge in [-0.1, -0.05) is 19.9 Å². The van der Waals surface area contributed by atoms with Crippen molar-refractivity contribution in [2.24, 2.45) is 4.99 Å². The average Bonchev–Trinajstić information content (AvgIpc) is 2.69. The molecule has 1 N–H and O–H groups in total. The average molecular weight is 524 g/mol. The molecule has 10 heteroatoms. The van der Waals surface area contributed by atoms with E-state index in [2.05, 4.69) is 25.1 Å². The highest BCUT2D eigenvalue weighted by atomic mass is 127. The molecule has 0 saturated carbocycles. The van der Waals surface area contributed by atoms with Crippen LogP contribution in [0.5, 0.6) is 0 Å². The maximum Gasteiger partial charge on any atom is 0.215 e. The van der Waals surface area contributed by atoms with Gasteiger partial charge >= 0.3 is 0 Å². The van der Waals surface area contributed by atoms with Gasteiger partial charge in [-0.25, -0.2) is 17.7 Å². The van der Waals surface area contributed by atoms with Crippen LogP contribution in [-0.4, -0.2) is 86.7 Å². The van der Waals surface area contributed by atoms with Crippen molar-refractivity contribution < 1.29 is 8.42 Å². The number of hydrogen-bond donors (Lipinski definition) is 1. The number of pyridine rings is 1. The lowest BCUT2D eigenvalue weighted by Gasteiger charge is -2.37. The first-order valence-electron chi connectivity index (χ1n) is 9.68. The van der Waals surface area contributed by atoms with Crippen LogP contribution >= 0.6 is 24.0 Å². The smallest absolute Gasteiger partial charge is 0.215 e. The molecule has 0 bridgehead atoms. The van der Waals surface area contributed by atoms with Crippen LogP contribution in [0.3, 0.4) is 0 Å². The van der Waals surface area contributed by atoms with Crippen molar-refractivity contribution in [3.8, 4) is 0 Å². The second-order valence-corrected chi connectivity index (χ2v) is 8.39. The van der Waals surface area contributed by atoms with E-state index in [4.69, 9.17) is 0 Å². The Morgan fingerprint density at radius 3 is 2.39 bits per heavy atom. The fraction of sp³-hybridized carbons (Fsp3) is 0.667. The maximum atomic E-state index is 12.3. The zero-order valence-electron chi connectivity index (χ0n) is 17.0. The van der Waals surface area contributed by atoms with Gasteiger partial charge in [0.15, 0.2) is 5.96 Å². The Balaban J connectivity index is 0.00000392. The number of guanidine groups is 1. The Labute approximate surface area is 186 Å². The number of sulfonamides is 1. The summed E-state index contributed by atoms with van der Waals surface area (Å²) >= 11 is 0. The number of nitrogens with zero attached hydrogens (tertiary/aromatic N) is 5. The van der Waals surface area contributed by atoms with Crippen molar-refractivity contribution in [3.63, 3.8) is 0 Å². The summed E-state index contributed by atoms with van der Waals surface area (Å²) in [7, 11) is -3.25. The lowest BCUT2D eigenvalue weighted by molar-refractivity contribution is 0.371. The molecule has 0 radical (unpaired) electrons. The molecule has 1 fully saturated rings. The number of anilines is 1. The number of aliphatic imine (C=N–C) groups is 1. The van der Waals surface area contributed by atoms with Crippen molar-refractivity contribution >= 4 is 45.8 Å². The fourth-order valence-corrected chi connectivity index (χ4v) is 4.49. The zero-order valence-corrected chi connectivity index (χ0v) is 20.2. The Morgan fingerprint density at radius 1 is 1.18 bits per heavy atom. The summed E-state index contributed by atoms with van der Waals surface area (Å²) in [5.41, 5.74) is 0. The predicted octanol–water partition coefficient (Wildman–Crippen LogP) is 1.46. The van der Waals surface area contributed by atoms with E-state index in [1.165, 1.54) is 4.31 Å². The third-order valence-corrected chi connectivity index (χ3v) is 6.60. The zero-order chi connectivity index (χ0) is 19.7. The molecule has 28 heavy (non-hydrogen) atoms. The van der Waals surface area contributed by atoms with Gasteiger partial charge in [0.25, 0.3) is 0 Å². The van der Waals surface area contributed by atoms with Gasteiger partial charge < -0.3 is 15.1 Å². The molecule has 1 aromatic rings. The minimum Gasteiger partial charge on any atom is -0.357 e. The number of halogens is 1. The van der Waals surface area contributed by atoms with Gasteiger partial charge in [0.05, 0.1) is 12.3 Å². The second-order valence-electron chi connectivity index (χ2n) is 6.30. The molecule has 2 rings (SSSR count). The van der Waals surface area contributed by atoms with E-state index in [9.17, 15) is 8.42 Å². The lowest BCUT2D eigenvalue weighted by atomic mass is 10.3. The van der Waals surface area contributed by atoms with Crippen LogP contribution in [0.4, 0.5) is 5.82 Å². The molecule has 0 aliphatic carbocycles. The third kappa shape index (κ3) is 7.03. The van der Waals surface area contributed by atoms with Crippen molar-refractivity contribution in [2.45, 2.75) is 20.8 Å². The quantitative estimate of drug-likeness (QED) is 0.315. The van der Waals surface area contributed by atoms with Gasteiger partial charge in [0.1, 0.15) is 5.82 Å². The standard InChI is InChI=1S/C18H32N6O2S.HI/c1-4-19-18(21-11-16-27(25,26)24(5-2)6-3)23-14-12-22(13-15-23)17-9-7-8-10-20-17;/h7-10H,4-6,11-16H2,1-3H3,(H,19,21);1H. The number of rotatable bonds is 8. The summed E-state index contributed by atoms with van der Waals surface area (Å²) in [6.45, 7) is 11.1. The van der Waals surface area contributed by atoms with Crippen molar-refractivity contribution in [3.05, 3.63) is 24.4 Å². The summed E-state index contributed by atoms with van der Waals surface area (Å²) in [5, 5.41) is 3.28. The second kappa shape index (κ2) is 12.4. The minimum atomic E-state index is -3.25. The van der Waals surface area contributed by atoms with Crippen molar-refractivity contribution in [1.82, 2.24) is 19.5 Å². The molecule has 0 amide bonds. The molecule has 0 spiro atoms. The van der Waals surface area contributed by atoms with Gasteiger partial charge in [-0.05, 0) is 19.1 Å².